The van der Waals surface area contributed by atoms with Gasteiger partial charge in [-0.05, 0) is 12.5 Å². The van der Waals surface area contributed by atoms with Crippen LogP contribution >= 0.6 is 0 Å². The molecular formula is C14H13N3O2. The van der Waals surface area contributed by atoms with Crippen LogP contribution in [-0.2, 0) is 6.42 Å². The van der Waals surface area contributed by atoms with Crippen LogP contribution in [0.2, 0.25) is 0 Å². The Kier molecular flexibility index (Phi) is 3.15. The highest BCUT2D eigenvalue weighted by Crippen LogP contribution is 2.36. The Morgan fingerprint density at radius 2 is 2.26 bits per heavy atom. The lowest BCUT2D eigenvalue weighted by molar-refractivity contribution is 0.272. The number of hydrogen-bond acceptors (Lipinski definition) is 5. The molecule has 1 atom stereocenters. The van der Waals surface area contributed by atoms with E-state index < -0.39 is 0 Å². The Balaban J connectivity index is 1.87. The summed E-state index contributed by atoms with van der Waals surface area (Å²) >= 11 is 0. The van der Waals surface area contributed by atoms with E-state index in [0.29, 0.717) is 31.2 Å². The van der Waals surface area contributed by atoms with Gasteiger partial charge in [-0.25, -0.2) is 0 Å². The molecule has 0 saturated carbocycles. The topological polar surface area (TPSA) is 71.9 Å². The van der Waals surface area contributed by atoms with Crippen molar-refractivity contribution in [2.24, 2.45) is 0 Å². The molecule has 5 heteroatoms. The summed E-state index contributed by atoms with van der Waals surface area (Å²) in [5, 5.41) is 12.6. The highest BCUT2D eigenvalue weighted by atomic mass is 16.5. The highest BCUT2D eigenvalue weighted by molar-refractivity contribution is 5.40. The quantitative estimate of drug-likeness (QED) is 0.842. The van der Waals surface area contributed by atoms with Gasteiger partial charge < -0.3 is 9.26 Å². The Morgan fingerprint density at radius 3 is 3.16 bits per heavy atom. The van der Waals surface area contributed by atoms with E-state index in [-0.39, 0.29) is 5.92 Å². The monoisotopic (exact) mass is 255 g/mol. The number of nitriles is 1. The second-order valence-corrected chi connectivity index (χ2v) is 4.43. The molecule has 0 saturated heterocycles. The molecule has 2 aromatic rings. The van der Waals surface area contributed by atoms with Gasteiger partial charge in [0.25, 0.3) is 0 Å². The van der Waals surface area contributed by atoms with E-state index in [1.54, 1.807) is 0 Å². The molecule has 1 unspecified atom stereocenters. The normalized spacial score (nSPS) is 17.3. The summed E-state index contributed by atoms with van der Waals surface area (Å²) in [6.07, 6.45) is 1.74. The average Bonchev–Trinajstić information content (AvgIpc) is 2.93. The Hall–Kier alpha value is -2.35. The van der Waals surface area contributed by atoms with Crippen molar-refractivity contribution in [2.45, 2.75) is 25.2 Å². The predicted molar refractivity (Wildman–Crippen MR) is 66.6 cm³/mol. The zero-order chi connectivity index (χ0) is 13.1. The molecule has 5 nitrogen and oxygen atoms in total. The molecule has 0 bridgehead atoms. The summed E-state index contributed by atoms with van der Waals surface area (Å²) in [4.78, 5) is 4.39. The minimum Gasteiger partial charge on any atom is -0.493 e. The second kappa shape index (κ2) is 5.11. The molecule has 0 spiro atoms. The van der Waals surface area contributed by atoms with E-state index in [1.807, 2.05) is 24.3 Å². The van der Waals surface area contributed by atoms with Crippen molar-refractivity contribution in [1.29, 1.82) is 5.26 Å². The maximum absolute atomic E-state index is 8.56. The minimum atomic E-state index is 0.115. The van der Waals surface area contributed by atoms with Crippen LogP contribution in [-0.4, -0.2) is 16.7 Å². The molecule has 0 aliphatic carbocycles. The average molecular weight is 255 g/mol. The van der Waals surface area contributed by atoms with Crippen molar-refractivity contribution in [3.8, 4) is 11.8 Å². The van der Waals surface area contributed by atoms with Crippen molar-refractivity contribution in [2.75, 3.05) is 6.61 Å². The first-order valence-electron chi connectivity index (χ1n) is 6.29. The molecule has 3 rings (SSSR count). The zero-order valence-corrected chi connectivity index (χ0v) is 10.4. The Morgan fingerprint density at radius 1 is 1.37 bits per heavy atom. The molecule has 1 aromatic carbocycles. The Bertz CT molecular complexity index is 615. The fourth-order valence-corrected chi connectivity index (χ4v) is 2.28. The number of hydrogen-bond donors (Lipinski definition) is 0. The fourth-order valence-electron chi connectivity index (χ4n) is 2.28. The van der Waals surface area contributed by atoms with Gasteiger partial charge in [0.2, 0.25) is 5.89 Å². The highest BCUT2D eigenvalue weighted by Gasteiger charge is 2.26. The van der Waals surface area contributed by atoms with Gasteiger partial charge in [-0.1, -0.05) is 23.4 Å². The van der Waals surface area contributed by atoms with E-state index >= 15 is 0 Å². The maximum atomic E-state index is 8.56. The van der Waals surface area contributed by atoms with Crippen LogP contribution in [0.25, 0.3) is 0 Å². The van der Waals surface area contributed by atoms with Crippen molar-refractivity contribution in [3.05, 3.63) is 41.5 Å². The molecule has 1 aliphatic heterocycles. The summed E-state index contributed by atoms with van der Waals surface area (Å²) in [7, 11) is 0. The number of aromatic nitrogens is 2. The van der Waals surface area contributed by atoms with Crippen molar-refractivity contribution < 1.29 is 9.26 Å². The molecule has 19 heavy (non-hydrogen) atoms. The van der Waals surface area contributed by atoms with Crippen molar-refractivity contribution in [1.82, 2.24) is 10.1 Å². The summed E-state index contributed by atoms with van der Waals surface area (Å²) in [6.45, 7) is 0.656. The maximum Gasteiger partial charge on any atom is 0.227 e. The first kappa shape index (κ1) is 11.7. The number of nitrogens with zero attached hydrogens (tertiary/aromatic N) is 3. The van der Waals surface area contributed by atoms with Gasteiger partial charge in [-0.15, -0.1) is 0 Å². The van der Waals surface area contributed by atoms with Crippen molar-refractivity contribution >= 4 is 0 Å². The number of ether oxygens (including phenoxy) is 1. The molecular weight excluding hydrogens is 242 g/mol. The fraction of sp³-hybridized carbons (Fsp3) is 0.357. The summed E-state index contributed by atoms with van der Waals surface area (Å²) in [6, 6.07) is 10.00. The number of rotatable bonds is 3. The third-order valence-electron chi connectivity index (χ3n) is 3.20. The van der Waals surface area contributed by atoms with Gasteiger partial charge in [0, 0.05) is 18.4 Å². The van der Waals surface area contributed by atoms with Crippen LogP contribution < -0.4 is 4.74 Å². The van der Waals surface area contributed by atoms with Gasteiger partial charge in [0.05, 0.1) is 18.6 Å². The molecule has 2 heterocycles. The standard InChI is InChI=1S/C14H13N3O2/c15-8-3-6-13-16-14(17-19-13)11-7-9-18-12-5-2-1-4-10(11)12/h1-2,4-5,11H,3,6-7,9H2. The number of benzene rings is 1. The summed E-state index contributed by atoms with van der Waals surface area (Å²) in [5.74, 6) is 2.22. The van der Waals surface area contributed by atoms with E-state index in [0.717, 1.165) is 17.7 Å². The Labute approximate surface area is 110 Å². The molecule has 96 valence electrons. The van der Waals surface area contributed by atoms with Gasteiger partial charge in [-0.2, -0.15) is 10.2 Å². The first-order valence-corrected chi connectivity index (χ1v) is 6.29. The van der Waals surface area contributed by atoms with Crippen LogP contribution in [0.1, 0.15) is 36.0 Å². The molecule has 1 aliphatic rings. The van der Waals surface area contributed by atoms with E-state index in [4.69, 9.17) is 14.5 Å². The summed E-state index contributed by atoms with van der Waals surface area (Å²) in [5.41, 5.74) is 1.10. The van der Waals surface area contributed by atoms with E-state index in [9.17, 15) is 0 Å². The van der Waals surface area contributed by atoms with E-state index in [2.05, 4.69) is 16.2 Å². The number of aryl methyl sites for hydroxylation is 1. The lowest BCUT2D eigenvalue weighted by Gasteiger charge is -2.23. The van der Waals surface area contributed by atoms with Gasteiger partial charge >= 0.3 is 0 Å². The number of para-hydroxylation sites is 1. The first-order chi connectivity index (χ1) is 9.38. The zero-order valence-electron chi connectivity index (χ0n) is 10.4. The molecule has 0 amide bonds. The molecule has 0 radical (unpaired) electrons. The van der Waals surface area contributed by atoms with Crippen LogP contribution in [0.4, 0.5) is 0 Å². The summed E-state index contributed by atoms with van der Waals surface area (Å²) < 4.78 is 10.8. The smallest absolute Gasteiger partial charge is 0.227 e. The largest absolute Gasteiger partial charge is 0.493 e. The predicted octanol–water partition coefficient (Wildman–Crippen LogP) is 2.44. The van der Waals surface area contributed by atoms with Crippen LogP contribution in [0, 0.1) is 11.3 Å². The van der Waals surface area contributed by atoms with Crippen LogP contribution in [0.15, 0.2) is 28.8 Å². The van der Waals surface area contributed by atoms with Crippen LogP contribution in [0.5, 0.6) is 5.75 Å². The molecule has 0 N–H and O–H groups in total. The van der Waals surface area contributed by atoms with Crippen LogP contribution in [0.3, 0.4) is 0 Å². The van der Waals surface area contributed by atoms with E-state index in [1.165, 1.54) is 0 Å². The second-order valence-electron chi connectivity index (χ2n) is 4.43. The SMILES string of the molecule is N#CCCc1nc(C2CCOc3ccccc32)no1. The van der Waals surface area contributed by atoms with Gasteiger partial charge in [0.1, 0.15) is 5.75 Å². The molecule has 0 fully saturated rings. The third-order valence-corrected chi connectivity index (χ3v) is 3.20. The lowest BCUT2D eigenvalue weighted by atomic mass is 9.92. The minimum absolute atomic E-state index is 0.115. The van der Waals surface area contributed by atoms with Gasteiger partial charge in [0.15, 0.2) is 5.82 Å². The van der Waals surface area contributed by atoms with Crippen molar-refractivity contribution in [3.63, 3.8) is 0 Å². The lowest BCUT2D eigenvalue weighted by Crippen LogP contribution is -2.16. The number of fused-ring (bicyclic) bond motifs is 1. The molecule has 1 aromatic heterocycles. The third kappa shape index (κ3) is 2.29. The van der Waals surface area contributed by atoms with Gasteiger partial charge in [-0.3, -0.25) is 0 Å².